The van der Waals surface area contributed by atoms with Crippen LogP contribution >= 0.6 is 15.9 Å². The highest BCUT2D eigenvalue weighted by Crippen LogP contribution is 2.39. The highest BCUT2D eigenvalue weighted by molar-refractivity contribution is 9.10. The maximum absolute atomic E-state index is 12.6. The van der Waals surface area contributed by atoms with Crippen molar-refractivity contribution in [1.29, 1.82) is 0 Å². The van der Waals surface area contributed by atoms with Crippen LogP contribution in [0, 0.1) is 13.8 Å². The fraction of sp³-hybridized carbons (Fsp3) is 0.176. The Morgan fingerprint density at radius 1 is 1.27 bits per heavy atom. The van der Waals surface area contributed by atoms with E-state index in [1.54, 1.807) is 30.1 Å². The number of nitrogens with zero attached hydrogens (tertiary/aromatic N) is 2. The molecule has 0 aliphatic carbocycles. The molecule has 0 atom stereocenters. The van der Waals surface area contributed by atoms with Crippen LogP contribution in [0.4, 0.5) is 0 Å². The molecule has 0 saturated heterocycles. The van der Waals surface area contributed by atoms with Gasteiger partial charge in [-0.1, -0.05) is 6.07 Å². The van der Waals surface area contributed by atoms with Gasteiger partial charge in [-0.15, -0.1) is 0 Å². The van der Waals surface area contributed by atoms with Gasteiger partial charge in [0.2, 0.25) is 0 Å². The lowest BCUT2D eigenvalue weighted by Gasteiger charge is -2.17. The first-order chi connectivity index (χ1) is 10.4. The Bertz CT molecular complexity index is 947. The predicted molar refractivity (Wildman–Crippen MR) is 91.3 cm³/mol. The van der Waals surface area contributed by atoms with Crippen LogP contribution in [0.15, 0.2) is 39.9 Å². The fourth-order valence-corrected chi connectivity index (χ4v) is 3.50. The molecule has 3 rings (SSSR count). The molecule has 22 heavy (non-hydrogen) atoms. The van der Waals surface area contributed by atoms with E-state index < -0.39 is 0 Å². The number of benzene rings is 1. The number of rotatable bonds is 1. The first kappa shape index (κ1) is 14.8. The van der Waals surface area contributed by atoms with E-state index in [1.165, 1.54) is 0 Å². The van der Waals surface area contributed by atoms with Crippen molar-refractivity contribution in [3.63, 3.8) is 0 Å². The third-order valence-electron chi connectivity index (χ3n) is 4.01. The van der Waals surface area contributed by atoms with Gasteiger partial charge in [-0.3, -0.25) is 9.78 Å². The van der Waals surface area contributed by atoms with Crippen molar-refractivity contribution in [3.8, 4) is 16.9 Å². The van der Waals surface area contributed by atoms with Crippen LogP contribution in [0.5, 0.6) is 5.75 Å². The van der Waals surface area contributed by atoms with Gasteiger partial charge < -0.3 is 9.67 Å². The molecular formula is C17H15BrN2O2. The van der Waals surface area contributed by atoms with Crippen LogP contribution in [-0.2, 0) is 7.05 Å². The Balaban J connectivity index is 2.64. The third kappa shape index (κ3) is 2.04. The molecule has 0 fully saturated rings. The second-order valence-electron chi connectivity index (χ2n) is 5.33. The van der Waals surface area contributed by atoms with Gasteiger partial charge in [0, 0.05) is 51.6 Å². The van der Waals surface area contributed by atoms with Crippen molar-refractivity contribution >= 4 is 26.8 Å². The standard InChI is InChI=1S/C17H15BrN2O2/c1-9-13(21)7-12(18)15-14(11-5-4-6-19-8-11)10(2)17(22)20(3)16(9)15/h4-8,21H,1-3H3. The lowest BCUT2D eigenvalue weighted by atomic mass is 9.96. The summed E-state index contributed by atoms with van der Waals surface area (Å²) in [5.74, 6) is 0.162. The van der Waals surface area contributed by atoms with Crippen molar-refractivity contribution in [2.24, 2.45) is 7.05 Å². The Kier molecular flexibility index (Phi) is 3.53. The summed E-state index contributed by atoms with van der Waals surface area (Å²) in [6.07, 6.45) is 3.45. The highest BCUT2D eigenvalue weighted by Gasteiger charge is 2.19. The van der Waals surface area contributed by atoms with Crippen molar-refractivity contribution in [3.05, 3.63) is 56.5 Å². The molecule has 3 aromatic rings. The molecule has 1 N–H and O–H groups in total. The van der Waals surface area contributed by atoms with Gasteiger partial charge in [-0.2, -0.15) is 0 Å². The summed E-state index contributed by atoms with van der Waals surface area (Å²) >= 11 is 3.53. The van der Waals surface area contributed by atoms with E-state index >= 15 is 0 Å². The molecule has 4 nitrogen and oxygen atoms in total. The topological polar surface area (TPSA) is 55.1 Å². The zero-order valence-electron chi connectivity index (χ0n) is 12.5. The molecule has 0 spiro atoms. The molecule has 0 amide bonds. The van der Waals surface area contributed by atoms with Crippen LogP contribution in [0.1, 0.15) is 11.1 Å². The summed E-state index contributed by atoms with van der Waals surface area (Å²) < 4.78 is 2.34. The summed E-state index contributed by atoms with van der Waals surface area (Å²) in [5.41, 5.74) is 3.72. The van der Waals surface area contributed by atoms with Gasteiger partial charge in [0.1, 0.15) is 5.75 Å². The normalized spacial score (nSPS) is 11.1. The van der Waals surface area contributed by atoms with Gasteiger partial charge in [0.05, 0.1) is 5.52 Å². The Morgan fingerprint density at radius 2 is 2.00 bits per heavy atom. The lowest BCUT2D eigenvalue weighted by Crippen LogP contribution is -2.21. The summed E-state index contributed by atoms with van der Waals surface area (Å²) in [5, 5.41) is 11.0. The molecule has 0 bridgehead atoms. The quantitative estimate of drug-likeness (QED) is 0.721. The molecular weight excluding hydrogens is 344 g/mol. The van der Waals surface area contributed by atoms with Crippen LogP contribution in [0.25, 0.3) is 22.0 Å². The number of hydrogen-bond donors (Lipinski definition) is 1. The highest BCUT2D eigenvalue weighted by atomic mass is 79.9. The number of pyridine rings is 2. The minimum Gasteiger partial charge on any atom is -0.508 e. The molecule has 0 aliphatic rings. The van der Waals surface area contributed by atoms with E-state index in [2.05, 4.69) is 20.9 Å². The van der Waals surface area contributed by atoms with Gasteiger partial charge in [-0.05, 0) is 41.9 Å². The number of aromatic hydroxyl groups is 1. The van der Waals surface area contributed by atoms with E-state index in [1.807, 2.05) is 26.0 Å². The van der Waals surface area contributed by atoms with E-state index in [0.717, 1.165) is 26.5 Å². The second-order valence-corrected chi connectivity index (χ2v) is 6.19. The average molecular weight is 359 g/mol. The lowest BCUT2D eigenvalue weighted by molar-refractivity contribution is 0.471. The van der Waals surface area contributed by atoms with Gasteiger partial charge in [-0.25, -0.2) is 0 Å². The second kappa shape index (κ2) is 5.25. The maximum Gasteiger partial charge on any atom is 0.254 e. The molecule has 0 saturated carbocycles. The number of aromatic nitrogens is 2. The fourth-order valence-electron chi connectivity index (χ4n) is 2.90. The maximum atomic E-state index is 12.6. The first-order valence-corrected chi connectivity index (χ1v) is 7.64. The van der Waals surface area contributed by atoms with E-state index in [9.17, 15) is 9.90 Å². The molecule has 112 valence electrons. The summed E-state index contributed by atoms with van der Waals surface area (Å²) in [6, 6.07) is 5.45. The first-order valence-electron chi connectivity index (χ1n) is 6.85. The minimum atomic E-state index is -0.0769. The van der Waals surface area contributed by atoms with E-state index in [-0.39, 0.29) is 11.3 Å². The third-order valence-corrected chi connectivity index (χ3v) is 4.64. The van der Waals surface area contributed by atoms with Crippen molar-refractivity contribution < 1.29 is 5.11 Å². The van der Waals surface area contributed by atoms with Crippen LogP contribution in [-0.4, -0.2) is 14.7 Å². The molecule has 5 heteroatoms. The Morgan fingerprint density at radius 3 is 2.64 bits per heavy atom. The number of aryl methyl sites for hydroxylation is 2. The Labute approximate surface area is 136 Å². The van der Waals surface area contributed by atoms with E-state index in [0.29, 0.717) is 11.1 Å². The average Bonchev–Trinajstić information content (AvgIpc) is 2.51. The number of phenols is 1. The van der Waals surface area contributed by atoms with Crippen LogP contribution in [0.3, 0.4) is 0 Å². The number of halogens is 1. The largest absolute Gasteiger partial charge is 0.508 e. The number of fused-ring (bicyclic) bond motifs is 1. The smallest absolute Gasteiger partial charge is 0.254 e. The van der Waals surface area contributed by atoms with Crippen molar-refractivity contribution in [2.45, 2.75) is 13.8 Å². The van der Waals surface area contributed by atoms with E-state index in [4.69, 9.17) is 0 Å². The molecule has 2 heterocycles. The number of phenolic OH excluding ortho intramolecular Hbond substituents is 1. The Hall–Kier alpha value is -2.14. The molecule has 1 aromatic carbocycles. The zero-order chi connectivity index (χ0) is 16.0. The minimum absolute atomic E-state index is 0.0769. The molecule has 0 radical (unpaired) electrons. The zero-order valence-corrected chi connectivity index (χ0v) is 14.1. The molecule has 0 aliphatic heterocycles. The van der Waals surface area contributed by atoms with Crippen molar-refractivity contribution in [2.75, 3.05) is 0 Å². The molecule has 0 unspecified atom stereocenters. The van der Waals surface area contributed by atoms with Gasteiger partial charge >= 0.3 is 0 Å². The van der Waals surface area contributed by atoms with Gasteiger partial charge in [0.15, 0.2) is 0 Å². The SMILES string of the molecule is Cc1c(-c2cccnc2)c2c(Br)cc(O)c(C)c2n(C)c1=O. The van der Waals surface area contributed by atoms with Crippen LogP contribution < -0.4 is 5.56 Å². The summed E-state index contributed by atoms with van der Waals surface area (Å²) in [4.78, 5) is 16.8. The monoisotopic (exact) mass is 358 g/mol. The van der Waals surface area contributed by atoms with Gasteiger partial charge in [0.25, 0.3) is 5.56 Å². The molecule has 2 aromatic heterocycles. The van der Waals surface area contributed by atoms with Crippen molar-refractivity contribution in [1.82, 2.24) is 9.55 Å². The van der Waals surface area contributed by atoms with Crippen LogP contribution in [0.2, 0.25) is 0 Å². The predicted octanol–water partition coefficient (Wildman–Crippen LogP) is 3.69. The number of hydrogen-bond acceptors (Lipinski definition) is 3. The summed E-state index contributed by atoms with van der Waals surface area (Å²) in [6.45, 7) is 3.63. The summed E-state index contributed by atoms with van der Waals surface area (Å²) in [7, 11) is 1.73.